The van der Waals surface area contributed by atoms with Crippen molar-refractivity contribution in [2.45, 2.75) is 24.4 Å². The zero-order chi connectivity index (χ0) is 22.3. The number of hydrogen-bond acceptors (Lipinski definition) is 5. The molecule has 4 rings (SSSR count). The molecule has 180 valence electrons. The molecule has 8 heteroatoms. The minimum Gasteiger partial charge on any atom is -0.493 e. The van der Waals surface area contributed by atoms with E-state index in [4.69, 9.17) is 14.2 Å². The van der Waals surface area contributed by atoms with Gasteiger partial charge in [0.05, 0.1) is 33.5 Å². The van der Waals surface area contributed by atoms with E-state index in [1.807, 2.05) is 13.1 Å². The largest absolute Gasteiger partial charge is 0.493 e. The number of hydrogen-bond donors (Lipinski definition) is 2. The maximum atomic E-state index is 5.59. The van der Waals surface area contributed by atoms with Crippen LogP contribution in [-0.4, -0.2) is 71.0 Å². The molecule has 2 aromatic rings. The summed E-state index contributed by atoms with van der Waals surface area (Å²) in [6, 6.07) is 17.4. The zero-order valence-corrected chi connectivity index (χ0v) is 22.0. The first kappa shape index (κ1) is 25.6. The van der Waals surface area contributed by atoms with Gasteiger partial charge in [-0.3, -0.25) is 9.89 Å². The fourth-order valence-corrected chi connectivity index (χ4v) is 4.39. The van der Waals surface area contributed by atoms with Crippen molar-refractivity contribution in [2.24, 2.45) is 4.99 Å². The van der Waals surface area contributed by atoms with Crippen molar-refractivity contribution < 1.29 is 14.2 Å². The maximum Gasteiger partial charge on any atom is 0.191 e. The number of nitrogens with zero attached hydrogens (tertiary/aromatic N) is 2. The van der Waals surface area contributed by atoms with Crippen LogP contribution in [0.2, 0.25) is 0 Å². The molecule has 2 fully saturated rings. The Hall–Kier alpha value is -2.04. The van der Waals surface area contributed by atoms with Crippen LogP contribution in [0.25, 0.3) is 0 Å². The van der Waals surface area contributed by atoms with Crippen LogP contribution in [0.5, 0.6) is 11.5 Å². The average Bonchev–Trinajstić information content (AvgIpc) is 3.63. The lowest BCUT2D eigenvalue weighted by molar-refractivity contribution is 0.0169. The van der Waals surface area contributed by atoms with Crippen LogP contribution >= 0.6 is 24.0 Å². The molecule has 1 saturated heterocycles. The van der Waals surface area contributed by atoms with Gasteiger partial charge in [-0.25, -0.2) is 0 Å². The molecule has 1 aliphatic carbocycles. The molecular weight excluding hydrogens is 531 g/mol. The number of morpholine rings is 1. The fourth-order valence-electron chi connectivity index (χ4n) is 4.39. The number of benzene rings is 2. The van der Waals surface area contributed by atoms with Crippen molar-refractivity contribution in [3.63, 3.8) is 0 Å². The smallest absolute Gasteiger partial charge is 0.191 e. The minimum atomic E-state index is 0. The summed E-state index contributed by atoms with van der Waals surface area (Å²) >= 11 is 0. The highest BCUT2D eigenvalue weighted by Gasteiger charge is 2.39. The Bertz CT molecular complexity index is 906. The molecule has 0 bridgehead atoms. The van der Waals surface area contributed by atoms with Gasteiger partial charge in [0, 0.05) is 38.6 Å². The molecule has 3 unspecified atom stereocenters. The predicted octanol–water partition coefficient (Wildman–Crippen LogP) is 3.42. The highest BCUT2D eigenvalue weighted by Crippen LogP contribution is 2.40. The number of rotatable bonds is 8. The van der Waals surface area contributed by atoms with E-state index in [1.54, 1.807) is 14.2 Å². The first-order chi connectivity index (χ1) is 15.7. The Kier molecular flexibility index (Phi) is 9.64. The topological polar surface area (TPSA) is 67.4 Å². The van der Waals surface area contributed by atoms with Crippen molar-refractivity contribution in [1.82, 2.24) is 15.5 Å². The highest BCUT2D eigenvalue weighted by molar-refractivity contribution is 14.0. The number of nitrogens with one attached hydrogen (secondary N) is 2. The molecule has 0 spiro atoms. The van der Waals surface area contributed by atoms with Crippen molar-refractivity contribution in [3.05, 3.63) is 59.7 Å². The Morgan fingerprint density at radius 3 is 2.48 bits per heavy atom. The third kappa shape index (κ3) is 6.51. The Labute approximate surface area is 213 Å². The first-order valence-electron chi connectivity index (χ1n) is 11.3. The van der Waals surface area contributed by atoms with E-state index in [1.165, 1.54) is 11.1 Å². The summed E-state index contributed by atoms with van der Waals surface area (Å²) in [7, 11) is 5.17. The standard InChI is InChI=1S/C25H34N4O3.HI/c1-26-25(28-21-16-20(21)18-7-5-4-6-8-18)27-17-22(29-11-13-32-14-12-29)19-9-10-23(30-2)24(15-19)31-3;/h4-10,15,20-22H,11-14,16-17H2,1-3H3,(H2,26,27,28);1H. The molecule has 7 nitrogen and oxygen atoms in total. The molecule has 2 aromatic carbocycles. The van der Waals surface area contributed by atoms with E-state index in [0.29, 0.717) is 12.0 Å². The lowest BCUT2D eigenvalue weighted by Crippen LogP contribution is -2.46. The van der Waals surface area contributed by atoms with E-state index < -0.39 is 0 Å². The van der Waals surface area contributed by atoms with Gasteiger partial charge in [0.2, 0.25) is 0 Å². The number of methoxy groups -OCH3 is 2. The maximum absolute atomic E-state index is 5.59. The molecule has 1 saturated carbocycles. The predicted molar refractivity (Wildman–Crippen MR) is 142 cm³/mol. The van der Waals surface area contributed by atoms with E-state index in [0.717, 1.165) is 56.7 Å². The average molecular weight is 566 g/mol. The van der Waals surface area contributed by atoms with Gasteiger partial charge in [0.15, 0.2) is 17.5 Å². The van der Waals surface area contributed by atoms with Crippen LogP contribution in [-0.2, 0) is 4.74 Å². The summed E-state index contributed by atoms with van der Waals surface area (Å²) in [5, 5.41) is 7.15. The van der Waals surface area contributed by atoms with E-state index >= 15 is 0 Å². The van der Waals surface area contributed by atoms with Crippen molar-refractivity contribution in [3.8, 4) is 11.5 Å². The summed E-state index contributed by atoms with van der Waals surface area (Å²) in [6.45, 7) is 4.02. The molecule has 2 aliphatic rings. The molecule has 1 aliphatic heterocycles. The van der Waals surface area contributed by atoms with Crippen molar-refractivity contribution >= 4 is 29.9 Å². The second-order valence-electron chi connectivity index (χ2n) is 8.24. The van der Waals surface area contributed by atoms with Crippen LogP contribution < -0.4 is 20.1 Å². The third-order valence-corrected chi connectivity index (χ3v) is 6.31. The molecule has 2 N–H and O–H groups in total. The summed E-state index contributed by atoms with van der Waals surface area (Å²) in [4.78, 5) is 6.93. The molecular formula is C25H35IN4O3. The third-order valence-electron chi connectivity index (χ3n) is 6.31. The lowest BCUT2D eigenvalue weighted by Gasteiger charge is -2.35. The highest BCUT2D eigenvalue weighted by atomic mass is 127. The molecule has 0 amide bonds. The first-order valence-corrected chi connectivity index (χ1v) is 11.3. The summed E-state index contributed by atoms with van der Waals surface area (Å²) in [5.41, 5.74) is 2.57. The van der Waals surface area contributed by atoms with Crippen molar-refractivity contribution in [1.29, 1.82) is 0 Å². The second-order valence-corrected chi connectivity index (χ2v) is 8.24. The van der Waals surface area contributed by atoms with Crippen LogP contribution in [0.3, 0.4) is 0 Å². The second kappa shape index (κ2) is 12.4. The lowest BCUT2D eigenvalue weighted by atomic mass is 10.0. The Morgan fingerprint density at radius 1 is 1.09 bits per heavy atom. The molecule has 0 aromatic heterocycles. The van der Waals surface area contributed by atoms with Gasteiger partial charge in [-0.05, 0) is 29.7 Å². The summed E-state index contributed by atoms with van der Waals surface area (Å²) in [6.07, 6.45) is 1.13. The quantitative estimate of drug-likeness (QED) is 0.290. The van der Waals surface area contributed by atoms with Gasteiger partial charge in [0.25, 0.3) is 0 Å². The molecule has 0 radical (unpaired) electrons. The van der Waals surface area contributed by atoms with E-state index in [2.05, 4.69) is 63.0 Å². The number of guanidine groups is 1. The van der Waals surface area contributed by atoms with Gasteiger partial charge in [0.1, 0.15) is 0 Å². The van der Waals surface area contributed by atoms with E-state index in [-0.39, 0.29) is 30.0 Å². The normalized spacial score (nSPS) is 21.5. The van der Waals surface area contributed by atoms with Crippen LogP contribution in [0.4, 0.5) is 0 Å². The monoisotopic (exact) mass is 566 g/mol. The fraction of sp³-hybridized carbons (Fsp3) is 0.480. The summed E-state index contributed by atoms with van der Waals surface area (Å²) < 4.78 is 16.6. The molecule has 33 heavy (non-hydrogen) atoms. The number of halogens is 1. The Morgan fingerprint density at radius 2 is 1.82 bits per heavy atom. The van der Waals surface area contributed by atoms with Gasteiger partial charge in [-0.1, -0.05) is 36.4 Å². The van der Waals surface area contributed by atoms with Gasteiger partial charge in [-0.15, -0.1) is 24.0 Å². The summed E-state index contributed by atoms with van der Waals surface area (Å²) in [5.74, 6) is 2.88. The van der Waals surface area contributed by atoms with Crippen molar-refractivity contribution in [2.75, 3.05) is 54.1 Å². The van der Waals surface area contributed by atoms with Crippen LogP contribution in [0, 0.1) is 0 Å². The Balaban J connectivity index is 0.00000306. The van der Waals surface area contributed by atoms with Crippen LogP contribution in [0.15, 0.2) is 53.5 Å². The van der Waals surface area contributed by atoms with Crippen LogP contribution in [0.1, 0.15) is 29.5 Å². The number of aliphatic imine (C=N–C) groups is 1. The molecule has 3 atom stereocenters. The van der Waals surface area contributed by atoms with E-state index in [9.17, 15) is 0 Å². The minimum absolute atomic E-state index is 0. The SMILES string of the molecule is CN=C(NCC(c1ccc(OC)c(OC)c1)N1CCOCC1)NC1CC1c1ccccc1.I. The van der Waals surface area contributed by atoms with Gasteiger partial charge >= 0.3 is 0 Å². The number of ether oxygens (including phenoxy) is 3. The zero-order valence-electron chi connectivity index (χ0n) is 19.6. The molecule has 1 heterocycles. The van der Waals surface area contributed by atoms with Gasteiger partial charge in [-0.2, -0.15) is 0 Å². The van der Waals surface area contributed by atoms with Gasteiger partial charge < -0.3 is 24.8 Å².